The molecule has 2 aromatic carbocycles. The lowest BCUT2D eigenvalue weighted by atomic mass is 9.55. The molecule has 0 radical (unpaired) electrons. The first kappa shape index (κ1) is 33.3. The van der Waals surface area contributed by atoms with Gasteiger partial charge >= 0.3 is 0 Å². The second kappa shape index (κ2) is 13.2. The van der Waals surface area contributed by atoms with Gasteiger partial charge in [0.1, 0.15) is 0 Å². The van der Waals surface area contributed by atoms with Gasteiger partial charge in [-0.05, 0) is 64.5 Å². The van der Waals surface area contributed by atoms with Gasteiger partial charge in [-0.15, -0.1) is 0 Å². The Bertz CT molecular complexity index is 1280. The van der Waals surface area contributed by atoms with E-state index in [1.54, 1.807) is 0 Å². The van der Waals surface area contributed by atoms with Gasteiger partial charge in [0.2, 0.25) is 0 Å². The van der Waals surface area contributed by atoms with Gasteiger partial charge in [-0.2, -0.15) is 0 Å². The fourth-order valence-corrected chi connectivity index (χ4v) is 8.53. The molecule has 43 heavy (non-hydrogen) atoms. The van der Waals surface area contributed by atoms with E-state index in [0.717, 1.165) is 12.8 Å². The molecule has 0 saturated heterocycles. The maximum atomic E-state index is 7.89. The van der Waals surface area contributed by atoms with Gasteiger partial charge in [0, 0.05) is 22.7 Å². The molecule has 0 aliphatic heterocycles. The van der Waals surface area contributed by atoms with Crippen molar-refractivity contribution < 1.29 is 4.74 Å². The van der Waals surface area contributed by atoms with E-state index in [4.69, 9.17) is 4.74 Å². The van der Waals surface area contributed by atoms with E-state index >= 15 is 0 Å². The van der Waals surface area contributed by atoms with Crippen molar-refractivity contribution in [3.63, 3.8) is 0 Å². The highest BCUT2D eigenvalue weighted by Crippen LogP contribution is 2.60. The number of hydrogen-bond acceptors (Lipinski definition) is 1. The van der Waals surface area contributed by atoms with Gasteiger partial charge in [0.15, 0.2) is 0 Å². The molecule has 0 N–H and O–H groups in total. The molecule has 2 aromatic rings. The molecule has 0 aromatic heterocycles. The quantitative estimate of drug-likeness (QED) is 0.272. The molecule has 2 aliphatic carbocycles. The van der Waals surface area contributed by atoms with Gasteiger partial charge in [-0.1, -0.05) is 161 Å². The number of rotatable bonds is 10. The molecule has 2 aliphatic rings. The minimum atomic E-state index is -0.0930. The maximum absolute atomic E-state index is 7.89. The summed E-state index contributed by atoms with van der Waals surface area (Å²) >= 11 is 0. The van der Waals surface area contributed by atoms with Crippen molar-refractivity contribution in [1.29, 1.82) is 0 Å². The van der Waals surface area contributed by atoms with Crippen molar-refractivity contribution >= 4 is 0 Å². The first-order valence-corrected chi connectivity index (χ1v) is 16.8. The average Bonchev–Trinajstić information content (AvgIpc) is 3.01. The summed E-state index contributed by atoms with van der Waals surface area (Å²) in [5.41, 5.74) is 11.1. The molecule has 0 heterocycles. The molecule has 0 amide bonds. The summed E-state index contributed by atoms with van der Waals surface area (Å²) in [6.07, 6.45) is 6.97. The van der Waals surface area contributed by atoms with Gasteiger partial charge < -0.3 is 4.74 Å². The summed E-state index contributed by atoms with van der Waals surface area (Å²) in [5.74, 6) is 1.47. The third-order valence-electron chi connectivity index (χ3n) is 12.5. The van der Waals surface area contributed by atoms with Gasteiger partial charge in [0.05, 0.1) is 12.2 Å². The molecule has 1 nitrogen and oxygen atoms in total. The van der Waals surface area contributed by atoms with Crippen molar-refractivity contribution in [2.45, 2.75) is 108 Å². The third-order valence-corrected chi connectivity index (χ3v) is 12.5. The zero-order valence-electron chi connectivity index (χ0n) is 29.2. The van der Waals surface area contributed by atoms with E-state index in [2.05, 4.69) is 156 Å². The number of hydrogen-bond donors (Lipinski definition) is 0. The molecule has 0 saturated carbocycles. The monoisotopic (exact) mass is 578 g/mol. The highest BCUT2D eigenvalue weighted by Gasteiger charge is 2.52. The topological polar surface area (TPSA) is 9.23 Å². The van der Waals surface area contributed by atoms with Crippen molar-refractivity contribution in [2.24, 2.45) is 34.5 Å². The Morgan fingerprint density at radius 3 is 1.21 bits per heavy atom. The second-order valence-corrected chi connectivity index (χ2v) is 14.3. The Morgan fingerprint density at radius 2 is 0.907 bits per heavy atom. The summed E-state index contributed by atoms with van der Waals surface area (Å²) in [4.78, 5) is 0. The van der Waals surface area contributed by atoms with Gasteiger partial charge in [-0.25, -0.2) is 0 Å². The Labute approximate surface area is 264 Å². The minimum Gasteiger partial charge on any atom is -0.364 e. The van der Waals surface area contributed by atoms with E-state index in [-0.39, 0.29) is 34.9 Å². The predicted molar refractivity (Wildman–Crippen MR) is 186 cm³/mol. The highest BCUT2D eigenvalue weighted by molar-refractivity contribution is 5.42. The standard InChI is InChI=1S/C42H58O/c1-13-29(5)41(11)31(7)25-27(3)33(9)37(41)39(35-21-17-15-18-22-35)43-40(36-23-19-16-20-24-36)38-34(10)28(4)26-32(8)42(38,12)30(6)14-2/h15-26,29-30,37-40H,13-14H2,1-12H3. The molecule has 0 fully saturated rings. The van der Waals surface area contributed by atoms with Crippen LogP contribution < -0.4 is 0 Å². The second-order valence-electron chi connectivity index (χ2n) is 14.3. The molecule has 232 valence electrons. The molecule has 4 rings (SSSR count). The lowest BCUT2D eigenvalue weighted by Gasteiger charge is -2.53. The Kier molecular flexibility index (Phi) is 10.2. The summed E-state index contributed by atoms with van der Waals surface area (Å²) < 4.78 is 7.89. The minimum absolute atomic E-state index is 0.0245. The first-order chi connectivity index (χ1) is 20.3. The average molecular weight is 579 g/mol. The van der Waals surface area contributed by atoms with Crippen LogP contribution >= 0.6 is 0 Å². The van der Waals surface area contributed by atoms with Crippen LogP contribution in [0.2, 0.25) is 0 Å². The van der Waals surface area contributed by atoms with Crippen LogP contribution in [-0.2, 0) is 4.74 Å². The molecule has 0 bridgehead atoms. The highest BCUT2D eigenvalue weighted by atomic mass is 16.5. The molecular formula is C42H58O. The Balaban J connectivity index is 2.01. The predicted octanol–water partition coefficient (Wildman–Crippen LogP) is 12.4. The van der Waals surface area contributed by atoms with Crippen LogP contribution in [0.25, 0.3) is 0 Å². The maximum Gasteiger partial charge on any atom is 0.0907 e. The fourth-order valence-electron chi connectivity index (χ4n) is 8.53. The van der Waals surface area contributed by atoms with Crippen LogP contribution in [-0.4, -0.2) is 0 Å². The SMILES string of the molecule is CCC(C)C1(C)C(C)=CC(C)=C(C)C1C(OC(c1ccccc1)C1C(C)=C(C)C=C(C)C1(C)C(C)CC)c1ccccc1. The lowest BCUT2D eigenvalue weighted by Crippen LogP contribution is -2.45. The van der Waals surface area contributed by atoms with Crippen molar-refractivity contribution in [3.8, 4) is 0 Å². The molecule has 8 unspecified atom stereocenters. The van der Waals surface area contributed by atoms with Crippen molar-refractivity contribution in [1.82, 2.24) is 0 Å². The van der Waals surface area contributed by atoms with Gasteiger partial charge in [-0.3, -0.25) is 0 Å². The summed E-state index contributed by atoms with van der Waals surface area (Å²) in [6.45, 7) is 28.6. The molecular weight excluding hydrogens is 520 g/mol. The smallest absolute Gasteiger partial charge is 0.0907 e. The van der Waals surface area contributed by atoms with Crippen LogP contribution in [0.15, 0.2) is 106 Å². The lowest BCUT2D eigenvalue weighted by molar-refractivity contribution is -0.109. The van der Waals surface area contributed by atoms with Crippen LogP contribution in [0.3, 0.4) is 0 Å². The Hall–Kier alpha value is -2.64. The number of benzene rings is 2. The van der Waals surface area contributed by atoms with E-state index in [9.17, 15) is 0 Å². The van der Waals surface area contributed by atoms with Gasteiger partial charge in [0.25, 0.3) is 0 Å². The van der Waals surface area contributed by atoms with E-state index in [1.165, 1.54) is 44.6 Å². The zero-order valence-corrected chi connectivity index (χ0v) is 29.2. The third kappa shape index (κ3) is 5.80. The summed E-state index contributed by atoms with van der Waals surface area (Å²) in [6, 6.07) is 22.2. The normalized spacial score (nSPS) is 29.1. The van der Waals surface area contributed by atoms with Crippen LogP contribution in [0.4, 0.5) is 0 Å². The number of allylic oxidation sites excluding steroid dienone is 6. The summed E-state index contributed by atoms with van der Waals surface area (Å²) in [7, 11) is 0. The largest absolute Gasteiger partial charge is 0.364 e. The number of ether oxygens (including phenoxy) is 1. The first-order valence-electron chi connectivity index (χ1n) is 16.8. The fraction of sp³-hybridized carbons (Fsp3) is 0.524. The van der Waals surface area contributed by atoms with E-state index in [0.29, 0.717) is 11.8 Å². The summed E-state index contributed by atoms with van der Waals surface area (Å²) in [5, 5.41) is 0. The van der Waals surface area contributed by atoms with E-state index in [1.807, 2.05) is 0 Å². The van der Waals surface area contributed by atoms with Crippen molar-refractivity contribution in [2.75, 3.05) is 0 Å². The Morgan fingerprint density at radius 1 is 0.581 bits per heavy atom. The molecule has 8 atom stereocenters. The molecule has 1 heteroatoms. The van der Waals surface area contributed by atoms with Crippen LogP contribution in [0.5, 0.6) is 0 Å². The van der Waals surface area contributed by atoms with E-state index < -0.39 is 0 Å². The molecule has 0 spiro atoms. The van der Waals surface area contributed by atoms with Crippen LogP contribution in [0.1, 0.15) is 119 Å². The van der Waals surface area contributed by atoms with Crippen LogP contribution in [0, 0.1) is 34.5 Å². The van der Waals surface area contributed by atoms with Crippen molar-refractivity contribution in [3.05, 3.63) is 117 Å². The zero-order chi connectivity index (χ0) is 31.7.